The maximum absolute atomic E-state index is 4.38. The predicted octanol–water partition coefficient (Wildman–Crippen LogP) is 3.19. The number of aromatic nitrogens is 3. The highest BCUT2D eigenvalue weighted by molar-refractivity contribution is 5.82. The summed E-state index contributed by atoms with van der Waals surface area (Å²) in [5, 5.41) is 11.8. The Morgan fingerprint density at radius 2 is 2.00 bits per heavy atom. The van der Waals surface area contributed by atoms with Crippen LogP contribution in [-0.2, 0) is 6.54 Å². The Morgan fingerprint density at radius 1 is 1.16 bits per heavy atom. The molecule has 96 valence electrons. The Morgan fingerprint density at radius 3 is 2.79 bits per heavy atom. The van der Waals surface area contributed by atoms with Gasteiger partial charge < -0.3 is 5.32 Å². The largest absolute Gasteiger partial charge is 0.378 e. The first kappa shape index (κ1) is 11.7. The van der Waals surface area contributed by atoms with Crippen molar-refractivity contribution in [3.8, 4) is 0 Å². The molecule has 0 radical (unpaired) electrons. The molecule has 4 nitrogen and oxygen atoms in total. The van der Waals surface area contributed by atoms with Gasteiger partial charge in [-0.2, -0.15) is 5.10 Å². The molecule has 0 bridgehead atoms. The first-order chi connectivity index (χ1) is 9.25. The van der Waals surface area contributed by atoms with E-state index in [1.807, 2.05) is 38.2 Å². The third-order valence-electron chi connectivity index (χ3n) is 3.32. The summed E-state index contributed by atoms with van der Waals surface area (Å²) in [5.74, 6) is 0. The maximum atomic E-state index is 4.38. The van der Waals surface area contributed by atoms with Crippen molar-refractivity contribution in [1.29, 1.82) is 0 Å². The minimum atomic E-state index is 0.768. The molecular formula is C15H16N4. The lowest BCUT2D eigenvalue weighted by atomic mass is 10.1. The number of hydrogen-bond donors (Lipinski definition) is 2. The van der Waals surface area contributed by atoms with Crippen LogP contribution >= 0.6 is 0 Å². The number of fused-ring (bicyclic) bond motifs is 1. The molecular weight excluding hydrogens is 236 g/mol. The van der Waals surface area contributed by atoms with Crippen LogP contribution in [0.25, 0.3) is 10.9 Å². The minimum Gasteiger partial charge on any atom is -0.378 e. The number of H-pyrrole nitrogens is 1. The molecule has 0 amide bonds. The summed E-state index contributed by atoms with van der Waals surface area (Å²) in [4.78, 5) is 4.38. The predicted molar refractivity (Wildman–Crippen MR) is 77.1 cm³/mol. The van der Waals surface area contributed by atoms with E-state index in [-0.39, 0.29) is 0 Å². The molecule has 3 aromatic rings. The van der Waals surface area contributed by atoms with Crippen LogP contribution in [0.2, 0.25) is 0 Å². The molecule has 3 rings (SSSR count). The highest BCUT2D eigenvalue weighted by atomic mass is 15.1. The van der Waals surface area contributed by atoms with E-state index >= 15 is 0 Å². The van der Waals surface area contributed by atoms with Crippen LogP contribution < -0.4 is 5.32 Å². The standard InChI is InChI=1S/C15H16N4/c1-10-15(11(2)19-18-10)17-9-12-7-8-16-14-6-4-3-5-13(12)14/h3-8,17H,9H2,1-2H3,(H,18,19). The normalized spacial score (nSPS) is 10.8. The van der Waals surface area contributed by atoms with Gasteiger partial charge in [0.1, 0.15) is 0 Å². The lowest BCUT2D eigenvalue weighted by molar-refractivity contribution is 1.02. The summed E-state index contributed by atoms with van der Waals surface area (Å²) < 4.78 is 0. The Bertz CT molecular complexity index is 690. The van der Waals surface area contributed by atoms with Gasteiger partial charge in [-0.1, -0.05) is 18.2 Å². The first-order valence-electron chi connectivity index (χ1n) is 6.34. The molecule has 0 unspecified atom stereocenters. The SMILES string of the molecule is Cc1n[nH]c(C)c1NCc1ccnc2ccccc12. The van der Waals surface area contributed by atoms with Crippen LogP contribution in [0.1, 0.15) is 17.0 Å². The second-order valence-electron chi connectivity index (χ2n) is 4.65. The van der Waals surface area contributed by atoms with Crippen LogP contribution in [-0.4, -0.2) is 15.2 Å². The fraction of sp³-hybridized carbons (Fsp3) is 0.200. The minimum absolute atomic E-state index is 0.768. The van der Waals surface area contributed by atoms with Crippen molar-refractivity contribution in [2.45, 2.75) is 20.4 Å². The summed E-state index contributed by atoms with van der Waals surface area (Å²) in [6.45, 7) is 4.79. The van der Waals surface area contributed by atoms with E-state index in [9.17, 15) is 0 Å². The summed E-state index contributed by atoms with van der Waals surface area (Å²) in [6, 6.07) is 10.3. The van der Waals surface area contributed by atoms with Crippen LogP contribution in [0.3, 0.4) is 0 Å². The lowest BCUT2D eigenvalue weighted by Gasteiger charge is -2.09. The van der Waals surface area contributed by atoms with Crippen LogP contribution in [0.15, 0.2) is 36.5 Å². The van der Waals surface area contributed by atoms with E-state index in [2.05, 4.69) is 32.6 Å². The van der Waals surface area contributed by atoms with E-state index in [4.69, 9.17) is 0 Å². The van der Waals surface area contributed by atoms with Crippen molar-refractivity contribution in [2.24, 2.45) is 0 Å². The van der Waals surface area contributed by atoms with Gasteiger partial charge in [0.15, 0.2) is 0 Å². The number of anilines is 1. The fourth-order valence-electron chi connectivity index (χ4n) is 2.30. The van der Waals surface area contributed by atoms with Gasteiger partial charge in [0.05, 0.1) is 22.6 Å². The lowest BCUT2D eigenvalue weighted by Crippen LogP contribution is -2.02. The van der Waals surface area contributed by atoms with Gasteiger partial charge in [0.2, 0.25) is 0 Å². The second-order valence-corrected chi connectivity index (χ2v) is 4.65. The van der Waals surface area contributed by atoms with Gasteiger partial charge in [-0.15, -0.1) is 0 Å². The number of benzene rings is 1. The number of pyridine rings is 1. The molecule has 1 aromatic carbocycles. The number of aromatic amines is 1. The molecule has 0 saturated heterocycles. The van der Waals surface area contributed by atoms with E-state index in [0.29, 0.717) is 0 Å². The summed E-state index contributed by atoms with van der Waals surface area (Å²) in [7, 11) is 0. The monoisotopic (exact) mass is 252 g/mol. The molecule has 0 atom stereocenters. The van der Waals surface area contributed by atoms with E-state index < -0.39 is 0 Å². The molecule has 2 heterocycles. The highest BCUT2D eigenvalue weighted by Gasteiger charge is 2.06. The van der Waals surface area contributed by atoms with Crippen molar-refractivity contribution >= 4 is 16.6 Å². The number of nitrogens with zero attached hydrogens (tertiary/aromatic N) is 2. The summed E-state index contributed by atoms with van der Waals surface area (Å²) in [6.07, 6.45) is 1.86. The number of nitrogens with one attached hydrogen (secondary N) is 2. The third kappa shape index (κ3) is 2.17. The second kappa shape index (κ2) is 4.72. The molecule has 0 aliphatic carbocycles. The zero-order chi connectivity index (χ0) is 13.2. The molecule has 4 heteroatoms. The summed E-state index contributed by atoms with van der Waals surface area (Å²) >= 11 is 0. The van der Waals surface area contributed by atoms with Crippen molar-refractivity contribution in [3.05, 3.63) is 53.5 Å². The van der Waals surface area contributed by atoms with Crippen LogP contribution in [0.5, 0.6) is 0 Å². The van der Waals surface area contributed by atoms with Crippen molar-refractivity contribution in [3.63, 3.8) is 0 Å². The molecule has 0 aliphatic rings. The van der Waals surface area contributed by atoms with Gasteiger partial charge >= 0.3 is 0 Å². The zero-order valence-corrected chi connectivity index (χ0v) is 11.1. The van der Waals surface area contributed by atoms with Gasteiger partial charge in [0, 0.05) is 18.1 Å². The van der Waals surface area contributed by atoms with Gasteiger partial charge in [0.25, 0.3) is 0 Å². The van der Waals surface area contributed by atoms with Gasteiger partial charge in [-0.05, 0) is 31.5 Å². The van der Waals surface area contributed by atoms with Crippen molar-refractivity contribution < 1.29 is 0 Å². The Balaban J connectivity index is 1.90. The first-order valence-corrected chi connectivity index (χ1v) is 6.34. The smallest absolute Gasteiger partial charge is 0.0825 e. The molecule has 0 saturated carbocycles. The van der Waals surface area contributed by atoms with Crippen molar-refractivity contribution in [1.82, 2.24) is 15.2 Å². The van der Waals surface area contributed by atoms with Crippen LogP contribution in [0.4, 0.5) is 5.69 Å². The zero-order valence-electron chi connectivity index (χ0n) is 11.1. The van der Waals surface area contributed by atoms with E-state index in [1.165, 1.54) is 10.9 Å². The van der Waals surface area contributed by atoms with Gasteiger partial charge in [-0.25, -0.2) is 0 Å². The van der Waals surface area contributed by atoms with Gasteiger partial charge in [-0.3, -0.25) is 10.1 Å². The van der Waals surface area contributed by atoms with Crippen molar-refractivity contribution in [2.75, 3.05) is 5.32 Å². The Kier molecular flexibility index (Phi) is 2.91. The number of para-hydroxylation sites is 1. The summed E-state index contributed by atoms with van der Waals surface area (Å²) in [5.41, 5.74) is 5.42. The fourth-order valence-corrected chi connectivity index (χ4v) is 2.30. The number of aryl methyl sites for hydroxylation is 2. The molecule has 0 aliphatic heterocycles. The highest BCUT2D eigenvalue weighted by Crippen LogP contribution is 2.20. The molecule has 0 spiro atoms. The average molecular weight is 252 g/mol. The molecule has 19 heavy (non-hydrogen) atoms. The quantitative estimate of drug-likeness (QED) is 0.752. The maximum Gasteiger partial charge on any atom is 0.0825 e. The number of rotatable bonds is 3. The topological polar surface area (TPSA) is 53.6 Å². The van der Waals surface area contributed by atoms with E-state index in [1.54, 1.807) is 0 Å². The van der Waals surface area contributed by atoms with E-state index in [0.717, 1.165) is 29.1 Å². The molecule has 0 fully saturated rings. The average Bonchev–Trinajstić information content (AvgIpc) is 2.76. The third-order valence-corrected chi connectivity index (χ3v) is 3.32. The number of hydrogen-bond acceptors (Lipinski definition) is 3. The molecule has 2 aromatic heterocycles. The molecule has 2 N–H and O–H groups in total. The van der Waals surface area contributed by atoms with Crippen LogP contribution in [0, 0.1) is 13.8 Å². The Hall–Kier alpha value is -2.36. The Labute approximate surface area is 111 Å².